The summed E-state index contributed by atoms with van der Waals surface area (Å²) >= 11 is 5.57. The van der Waals surface area contributed by atoms with Crippen molar-refractivity contribution in [1.82, 2.24) is 0 Å². The van der Waals surface area contributed by atoms with Crippen molar-refractivity contribution in [2.24, 2.45) is 28.6 Å². The maximum absolute atomic E-state index is 17.2. The van der Waals surface area contributed by atoms with Crippen molar-refractivity contribution in [3.8, 4) is 0 Å². The largest absolute Gasteiger partial charge is 0.487 e. The fourth-order valence-electron chi connectivity index (χ4n) is 7.62. The number of aliphatic hydroxyl groups excluding tert-OH is 1. The van der Waals surface area contributed by atoms with Gasteiger partial charge in [-0.2, -0.15) is 0 Å². The lowest BCUT2D eigenvalue weighted by molar-refractivity contribution is -0.222. The minimum Gasteiger partial charge on any atom is -0.487 e. The van der Waals surface area contributed by atoms with Crippen LogP contribution < -0.4 is 0 Å². The van der Waals surface area contributed by atoms with Gasteiger partial charge in [0.1, 0.15) is 6.17 Å². The van der Waals surface area contributed by atoms with Crippen LogP contribution in [-0.2, 0) is 19.1 Å². The number of ketones is 1. The van der Waals surface area contributed by atoms with Gasteiger partial charge in [0.05, 0.1) is 13.2 Å². The van der Waals surface area contributed by atoms with Gasteiger partial charge in [0.15, 0.2) is 17.1 Å². The number of halogens is 2. The van der Waals surface area contributed by atoms with E-state index >= 15 is 8.78 Å². The quantitative estimate of drug-likeness (QED) is 0.480. The molecule has 8 heteroatoms. The first-order valence-electron chi connectivity index (χ1n) is 11.6. The molecule has 0 radical (unpaired) electrons. The minimum absolute atomic E-state index is 0.0445. The molecule has 4 aliphatic carbocycles. The van der Waals surface area contributed by atoms with Crippen LogP contribution in [0.4, 0.5) is 8.78 Å². The first kappa shape index (κ1) is 24.5. The van der Waals surface area contributed by atoms with Gasteiger partial charge in [-0.3, -0.25) is 9.59 Å². The highest BCUT2D eigenvalue weighted by Crippen LogP contribution is 2.71. The van der Waals surface area contributed by atoms with Gasteiger partial charge in [0, 0.05) is 29.1 Å². The lowest BCUT2D eigenvalue weighted by atomic mass is 9.44. The van der Waals surface area contributed by atoms with E-state index in [1.165, 1.54) is 25.3 Å². The molecule has 33 heavy (non-hydrogen) atoms. The molecule has 0 aromatic rings. The molecule has 3 fully saturated rings. The molecule has 0 spiro atoms. The zero-order chi connectivity index (χ0) is 24.6. The maximum atomic E-state index is 17.2. The zero-order valence-electron chi connectivity index (χ0n) is 19.7. The molecule has 0 aromatic carbocycles. The number of ether oxygens (including phenoxy) is 2. The number of carbonyl (C=O) groups excluding carboxylic acids is 2. The van der Waals surface area contributed by atoms with Crippen LogP contribution in [0.1, 0.15) is 53.4 Å². The van der Waals surface area contributed by atoms with E-state index in [4.69, 9.17) is 21.7 Å². The number of hydrogen-bond donors (Lipinski definition) is 1. The van der Waals surface area contributed by atoms with Gasteiger partial charge in [-0.15, -0.1) is 0 Å². The van der Waals surface area contributed by atoms with Crippen LogP contribution in [0.2, 0.25) is 0 Å². The molecule has 5 nitrogen and oxygen atoms in total. The van der Waals surface area contributed by atoms with Crippen molar-refractivity contribution >= 4 is 29.0 Å². The second kappa shape index (κ2) is 7.67. The second-order valence-electron chi connectivity index (χ2n) is 10.6. The predicted molar refractivity (Wildman–Crippen MR) is 122 cm³/mol. The Bertz CT molecular complexity index is 964. The number of rotatable bonds is 3. The molecule has 0 amide bonds. The zero-order valence-corrected chi connectivity index (χ0v) is 20.5. The van der Waals surface area contributed by atoms with Crippen molar-refractivity contribution in [1.29, 1.82) is 0 Å². The van der Waals surface area contributed by atoms with Crippen LogP contribution >= 0.6 is 12.2 Å². The minimum atomic E-state index is -2.19. The number of fused-ring (bicyclic) bond motifs is 5. The Morgan fingerprint density at radius 2 is 1.97 bits per heavy atom. The summed E-state index contributed by atoms with van der Waals surface area (Å²) in [6, 6.07) is 0. The van der Waals surface area contributed by atoms with Crippen LogP contribution in [0.3, 0.4) is 0 Å². The number of thiocarbonyl (C=S) groups is 1. The predicted octanol–water partition coefficient (Wildman–Crippen LogP) is 4.22. The van der Waals surface area contributed by atoms with Gasteiger partial charge in [0.2, 0.25) is 5.05 Å². The topological polar surface area (TPSA) is 72.8 Å². The summed E-state index contributed by atoms with van der Waals surface area (Å²) in [7, 11) is 1.41. The summed E-state index contributed by atoms with van der Waals surface area (Å²) in [5, 5.41) is 11.5. The third-order valence-electron chi connectivity index (χ3n) is 9.22. The summed E-state index contributed by atoms with van der Waals surface area (Å²) in [6.07, 6.45) is 1.17. The van der Waals surface area contributed by atoms with E-state index in [1.807, 2.05) is 13.8 Å². The first-order chi connectivity index (χ1) is 15.3. The van der Waals surface area contributed by atoms with Gasteiger partial charge in [-0.25, -0.2) is 8.78 Å². The summed E-state index contributed by atoms with van der Waals surface area (Å²) in [6.45, 7) is 6.97. The maximum Gasteiger partial charge on any atom is 0.306 e. The lowest BCUT2D eigenvalue weighted by Gasteiger charge is -2.63. The standard InChI is InChI=1S/C25H32F2O5S/c1-6-20(30)32-25(21(33)31-5)13(2)9-15-16-11-18(26)17-10-14(28)7-8-22(17,3)24(16,27)19(29)12-23(15,25)4/h7-8,10,13,15-16,18-19,29H,6,9,11-12H2,1-5H3/t13-,15+,16+,18+,19+,22+,23+,24+,25+/m1/s1. The van der Waals surface area contributed by atoms with E-state index in [0.29, 0.717) is 6.42 Å². The summed E-state index contributed by atoms with van der Waals surface area (Å²) in [4.78, 5) is 24.5. The smallest absolute Gasteiger partial charge is 0.306 e. The highest BCUT2D eigenvalue weighted by atomic mass is 32.1. The van der Waals surface area contributed by atoms with E-state index in [1.54, 1.807) is 13.8 Å². The van der Waals surface area contributed by atoms with Crippen molar-refractivity contribution < 1.29 is 33.0 Å². The van der Waals surface area contributed by atoms with Crippen LogP contribution in [0.25, 0.3) is 0 Å². The number of carbonyl (C=O) groups is 2. The molecule has 1 N–H and O–H groups in total. The molecule has 0 unspecified atom stereocenters. The van der Waals surface area contributed by atoms with Gasteiger partial charge >= 0.3 is 5.97 Å². The molecule has 0 saturated heterocycles. The Balaban J connectivity index is 1.88. The molecule has 0 aliphatic heterocycles. The van der Waals surface area contributed by atoms with Crippen molar-refractivity contribution in [3.05, 3.63) is 23.8 Å². The molecule has 0 heterocycles. The molecule has 9 atom stereocenters. The Kier molecular flexibility index (Phi) is 5.68. The third kappa shape index (κ3) is 2.86. The monoisotopic (exact) mass is 482 g/mol. The molecule has 0 bridgehead atoms. The molecule has 3 saturated carbocycles. The Morgan fingerprint density at radius 3 is 2.58 bits per heavy atom. The number of aliphatic hydroxyl groups is 1. The van der Waals surface area contributed by atoms with Gasteiger partial charge in [-0.1, -0.05) is 26.8 Å². The second-order valence-corrected chi connectivity index (χ2v) is 10.9. The lowest BCUT2D eigenvalue weighted by Crippen LogP contribution is -2.70. The van der Waals surface area contributed by atoms with E-state index in [0.717, 1.165) is 0 Å². The summed E-state index contributed by atoms with van der Waals surface area (Å²) < 4.78 is 44.2. The van der Waals surface area contributed by atoms with Crippen molar-refractivity contribution in [3.63, 3.8) is 0 Å². The average Bonchev–Trinajstić information content (AvgIpc) is 2.98. The molecular weight excluding hydrogens is 450 g/mol. The summed E-state index contributed by atoms with van der Waals surface area (Å²) in [5.41, 5.74) is -5.88. The average molecular weight is 483 g/mol. The SMILES string of the molecule is CCC(=O)O[C@]1(C(=S)OC)[C@H](C)C[C@H]2[C@@H]3C[C@H](F)C4=CC(=O)C=C[C@]4(C)[C@@]3(F)[C@@H](O)C[C@@]21C. The van der Waals surface area contributed by atoms with E-state index in [-0.39, 0.29) is 41.6 Å². The highest BCUT2D eigenvalue weighted by Gasteiger charge is 2.77. The highest BCUT2D eigenvalue weighted by molar-refractivity contribution is 7.80. The molecule has 182 valence electrons. The third-order valence-corrected chi connectivity index (χ3v) is 9.69. The van der Waals surface area contributed by atoms with E-state index in [9.17, 15) is 14.7 Å². The normalized spacial score (nSPS) is 48.3. The van der Waals surface area contributed by atoms with Gasteiger partial charge < -0.3 is 14.6 Å². The van der Waals surface area contributed by atoms with Crippen LogP contribution in [0.15, 0.2) is 23.8 Å². The van der Waals surface area contributed by atoms with E-state index < -0.39 is 52.2 Å². The van der Waals surface area contributed by atoms with Crippen LogP contribution in [0, 0.1) is 28.6 Å². The number of hydrogen-bond acceptors (Lipinski definition) is 6. The number of allylic oxidation sites excluding steroid dienone is 4. The van der Waals surface area contributed by atoms with Crippen LogP contribution in [-0.4, -0.2) is 52.6 Å². The number of methoxy groups -OCH3 is 1. The summed E-state index contributed by atoms with van der Waals surface area (Å²) in [5.74, 6) is -2.47. The number of esters is 1. The fourth-order valence-corrected chi connectivity index (χ4v) is 8.10. The van der Waals surface area contributed by atoms with E-state index in [2.05, 4.69) is 0 Å². The van der Waals surface area contributed by atoms with Crippen molar-refractivity contribution in [2.45, 2.75) is 76.9 Å². The molecule has 4 aliphatic rings. The van der Waals surface area contributed by atoms with Gasteiger partial charge in [-0.05, 0) is 62.0 Å². The van der Waals surface area contributed by atoms with Crippen LogP contribution in [0.5, 0.6) is 0 Å². The first-order valence-corrected chi connectivity index (χ1v) is 12.0. The fraction of sp³-hybridized carbons (Fsp3) is 0.720. The number of alkyl halides is 2. The Hall–Kier alpha value is -1.67. The van der Waals surface area contributed by atoms with Crippen molar-refractivity contribution in [2.75, 3.05) is 7.11 Å². The van der Waals surface area contributed by atoms with Gasteiger partial charge in [0.25, 0.3) is 0 Å². The Labute approximate surface area is 198 Å². The Morgan fingerprint density at radius 1 is 1.30 bits per heavy atom. The molecule has 0 aromatic heterocycles. The molecular formula is C25H32F2O5S. The molecule has 4 rings (SSSR count).